The van der Waals surface area contributed by atoms with E-state index in [2.05, 4.69) is 0 Å². The molecule has 0 radical (unpaired) electrons. The van der Waals surface area contributed by atoms with Crippen molar-refractivity contribution in [3.05, 3.63) is 64.8 Å². The molecule has 2 N–H and O–H groups in total. The monoisotopic (exact) mass is 267 g/mol. The van der Waals surface area contributed by atoms with E-state index in [0.717, 1.165) is 5.56 Å². The van der Waals surface area contributed by atoms with Crippen molar-refractivity contribution < 1.29 is 9.15 Å². The molecule has 0 aliphatic heterocycles. The highest BCUT2D eigenvalue weighted by atomic mass is 16.5. The van der Waals surface area contributed by atoms with Gasteiger partial charge < -0.3 is 9.15 Å². The van der Waals surface area contributed by atoms with Crippen molar-refractivity contribution in [2.24, 2.45) is 5.73 Å². The first-order valence-corrected chi connectivity index (χ1v) is 6.25. The Morgan fingerprint density at radius 1 is 1.00 bits per heavy atom. The van der Waals surface area contributed by atoms with E-state index in [9.17, 15) is 4.79 Å². The maximum atomic E-state index is 12.5. The second-order valence-corrected chi connectivity index (χ2v) is 4.26. The van der Waals surface area contributed by atoms with Crippen molar-refractivity contribution in [1.82, 2.24) is 0 Å². The van der Waals surface area contributed by atoms with Crippen LogP contribution in [0.4, 0.5) is 0 Å². The van der Waals surface area contributed by atoms with Gasteiger partial charge in [-0.25, -0.2) is 0 Å². The van der Waals surface area contributed by atoms with Crippen LogP contribution in [0.2, 0.25) is 0 Å². The van der Waals surface area contributed by atoms with Crippen molar-refractivity contribution in [2.45, 2.75) is 0 Å². The van der Waals surface area contributed by atoms with E-state index >= 15 is 0 Å². The zero-order chi connectivity index (χ0) is 13.9. The number of benzene rings is 2. The lowest BCUT2D eigenvalue weighted by molar-refractivity contribution is 0.320. The van der Waals surface area contributed by atoms with E-state index in [1.165, 1.54) is 0 Å². The first kappa shape index (κ1) is 12.4. The van der Waals surface area contributed by atoms with Gasteiger partial charge in [0.05, 0.1) is 5.39 Å². The first-order chi connectivity index (χ1) is 9.81. The molecule has 0 spiro atoms. The summed E-state index contributed by atoms with van der Waals surface area (Å²) in [6.45, 7) is -0.0804. The van der Waals surface area contributed by atoms with Gasteiger partial charge in [0.1, 0.15) is 12.3 Å². The van der Waals surface area contributed by atoms with E-state index in [1.807, 2.05) is 36.4 Å². The summed E-state index contributed by atoms with van der Waals surface area (Å²) in [5.74, 6) is 0.553. The van der Waals surface area contributed by atoms with Gasteiger partial charge in [0.2, 0.25) is 11.2 Å². The molecule has 3 rings (SSSR count). The topological polar surface area (TPSA) is 65.5 Å². The predicted octanol–water partition coefficient (Wildman–Crippen LogP) is 2.76. The Hall–Kier alpha value is -2.59. The number of hydrogen-bond acceptors (Lipinski definition) is 4. The van der Waals surface area contributed by atoms with Crippen LogP contribution in [0.1, 0.15) is 0 Å². The minimum Gasteiger partial charge on any atom is -0.471 e. The summed E-state index contributed by atoms with van der Waals surface area (Å²) < 4.78 is 11.1. The fourth-order valence-electron chi connectivity index (χ4n) is 2.12. The molecule has 20 heavy (non-hydrogen) atoms. The highest BCUT2D eigenvalue weighted by Crippen LogP contribution is 2.30. The molecule has 0 amide bonds. The molecule has 0 saturated carbocycles. The Morgan fingerprint density at radius 2 is 1.70 bits per heavy atom. The lowest BCUT2D eigenvalue weighted by Crippen LogP contribution is -2.15. The molecule has 1 heterocycles. The van der Waals surface area contributed by atoms with Gasteiger partial charge in [0, 0.05) is 5.56 Å². The normalized spacial score (nSPS) is 10.7. The zero-order valence-electron chi connectivity index (χ0n) is 10.7. The lowest BCUT2D eigenvalue weighted by atomic mass is 10.1. The van der Waals surface area contributed by atoms with Gasteiger partial charge in [0.15, 0.2) is 5.76 Å². The van der Waals surface area contributed by atoms with E-state index in [-0.39, 0.29) is 17.9 Å². The average Bonchev–Trinajstić information content (AvgIpc) is 2.51. The number of para-hydroxylation sites is 1. The average molecular weight is 267 g/mol. The number of nitrogens with two attached hydrogens (primary N) is 1. The van der Waals surface area contributed by atoms with E-state index in [0.29, 0.717) is 16.7 Å². The summed E-state index contributed by atoms with van der Waals surface area (Å²) in [4.78, 5) is 12.5. The smallest absolute Gasteiger partial charge is 0.235 e. The number of rotatable bonds is 3. The van der Waals surface area contributed by atoms with Crippen molar-refractivity contribution in [3.63, 3.8) is 0 Å². The van der Waals surface area contributed by atoms with Gasteiger partial charge in [-0.15, -0.1) is 0 Å². The Bertz CT molecular complexity index is 794. The van der Waals surface area contributed by atoms with Crippen molar-refractivity contribution in [1.29, 1.82) is 0 Å². The first-order valence-electron chi connectivity index (χ1n) is 6.25. The molecule has 0 unspecified atom stereocenters. The van der Waals surface area contributed by atoms with Crippen LogP contribution >= 0.6 is 0 Å². The van der Waals surface area contributed by atoms with Gasteiger partial charge in [-0.2, -0.15) is 0 Å². The SMILES string of the molecule is NCOc1c(-c2ccccc2)oc2ccccc2c1=O. The van der Waals surface area contributed by atoms with Crippen LogP contribution in [0.5, 0.6) is 5.75 Å². The molecule has 0 bridgehead atoms. The second-order valence-electron chi connectivity index (χ2n) is 4.26. The fraction of sp³-hybridized carbons (Fsp3) is 0.0625. The zero-order valence-corrected chi connectivity index (χ0v) is 10.7. The van der Waals surface area contributed by atoms with Crippen LogP contribution in [-0.2, 0) is 0 Å². The summed E-state index contributed by atoms with van der Waals surface area (Å²) in [5.41, 5.74) is 6.51. The van der Waals surface area contributed by atoms with Crippen LogP contribution in [0.3, 0.4) is 0 Å². The Labute approximate surface area is 115 Å². The molecule has 3 aromatic rings. The van der Waals surface area contributed by atoms with Gasteiger partial charge in [-0.05, 0) is 12.1 Å². The lowest BCUT2D eigenvalue weighted by Gasteiger charge is -2.10. The van der Waals surface area contributed by atoms with E-state index in [1.54, 1.807) is 18.2 Å². The molecular formula is C16H13NO3. The quantitative estimate of drug-likeness (QED) is 0.741. The third kappa shape index (κ3) is 2.06. The third-order valence-electron chi connectivity index (χ3n) is 3.02. The Kier molecular flexibility index (Phi) is 3.23. The molecule has 2 aromatic carbocycles. The maximum absolute atomic E-state index is 12.5. The van der Waals surface area contributed by atoms with Crippen molar-refractivity contribution >= 4 is 11.0 Å². The summed E-state index contributed by atoms with van der Waals surface area (Å²) in [6.07, 6.45) is 0. The minimum absolute atomic E-state index is 0.0804. The molecule has 0 fully saturated rings. The third-order valence-corrected chi connectivity index (χ3v) is 3.02. The molecule has 1 aromatic heterocycles. The van der Waals surface area contributed by atoms with Crippen LogP contribution in [0.15, 0.2) is 63.8 Å². The number of ether oxygens (including phenoxy) is 1. The van der Waals surface area contributed by atoms with Crippen LogP contribution < -0.4 is 15.9 Å². The molecular weight excluding hydrogens is 254 g/mol. The summed E-state index contributed by atoms with van der Waals surface area (Å²) in [7, 11) is 0. The molecule has 4 nitrogen and oxygen atoms in total. The molecule has 0 aliphatic rings. The highest BCUT2D eigenvalue weighted by Gasteiger charge is 2.16. The van der Waals surface area contributed by atoms with Gasteiger partial charge in [0.25, 0.3) is 0 Å². The van der Waals surface area contributed by atoms with Crippen molar-refractivity contribution in [3.8, 4) is 17.1 Å². The molecule has 0 atom stereocenters. The summed E-state index contributed by atoms with van der Waals surface area (Å²) >= 11 is 0. The van der Waals surface area contributed by atoms with Crippen LogP contribution in [0, 0.1) is 0 Å². The van der Waals surface area contributed by atoms with Crippen LogP contribution in [0.25, 0.3) is 22.3 Å². The summed E-state index contributed by atoms with van der Waals surface area (Å²) in [5, 5.41) is 0.482. The summed E-state index contributed by atoms with van der Waals surface area (Å²) in [6, 6.07) is 16.4. The largest absolute Gasteiger partial charge is 0.471 e. The molecule has 4 heteroatoms. The van der Waals surface area contributed by atoms with Gasteiger partial charge in [-0.1, -0.05) is 42.5 Å². The van der Waals surface area contributed by atoms with Gasteiger partial charge >= 0.3 is 0 Å². The van der Waals surface area contributed by atoms with Gasteiger partial charge in [-0.3, -0.25) is 10.5 Å². The molecule has 100 valence electrons. The fourth-order valence-corrected chi connectivity index (χ4v) is 2.12. The Morgan fingerprint density at radius 3 is 2.45 bits per heavy atom. The standard InChI is InChI=1S/C16H13NO3/c17-10-19-16-14(18)12-8-4-5-9-13(12)20-15(16)11-6-2-1-3-7-11/h1-9H,10,17H2. The number of fused-ring (bicyclic) bond motifs is 1. The van der Waals surface area contributed by atoms with E-state index < -0.39 is 0 Å². The minimum atomic E-state index is -0.212. The van der Waals surface area contributed by atoms with E-state index in [4.69, 9.17) is 14.9 Å². The maximum Gasteiger partial charge on any atom is 0.235 e. The second kappa shape index (κ2) is 5.19. The number of hydrogen-bond donors (Lipinski definition) is 1. The Balaban J connectivity index is 2.35. The highest BCUT2D eigenvalue weighted by molar-refractivity contribution is 5.81. The van der Waals surface area contributed by atoms with Crippen LogP contribution in [-0.4, -0.2) is 6.73 Å². The predicted molar refractivity (Wildman–Crippen MR) is 77.6 cm³/mol. The van der Waals surface area contributed by atoms with Crippen molar-refractivity contribution in [2.75, 3.05) is 6.73 Å². The molecule has 0 aliphatic carbocycles. The molecule has 0 saturated heterocycles.